The molecule has 6 heteroatoms. The van der Waals surface area contributed by atoms with Gasteiger partial charge < -0.3 is 23.8 Å². The van der Waals surface area contributed by atoms with Crippen molar-refractivity contribution in [3.8, 4) is 23.0 Å². The third-order valence-electron chi connectivity index (χ3n) is 4.51. The summed E-state index contributed by atoms with van der Waals surface area (Å²) in [5.41, 5.74) is 3.52. The van der Waals surface area contributed by atoms with Crippen LogP contribution in [0.15, 0.2) is 24.3 Å². The first kappa shape index (κ1) is 22.4. The molecule has 0 heterocycles. The minimum absolute atomic E-state index is 0.533. The number of nitrogens with one attached hydrogen (secondary N) is 1. The van der Waals surface area contributed by atoms with Crippen LogP contribution in [0.5, 0.6) is 23.0 Å². The van der Waals surface area contributed by atoms with E-state index in [1.54, 1.807) is 0 Å². The largest absolute Gasteiger partial charge is 0.490 e. The molecule has 6 nitrogen and oxygen atoms in total. The van der Waals surface area contributed by atoms with E-state index in [0.29, 0.717) is 49.4 Å². The second kappa shape index (κ2) is 10.6. The Balaban J connectivity index is 2.60. The summed E-state index contributed by atoms with van der Waals surface area (Å²) >= 11 is 0. The van der Waals surface area contributed by atoms with Crippen LogP contribution in [-0.2, 0) is 0 Å². The van der Waals surface area contributed by atoms with Crippen LogP contribution >= 0.6 is 0 Å². The maximum absolute atomic E-state index is 8.10. The van der Waals surface area contributed by atoms with Crippen molar-refractivity contribution in [2.45, 2.75) is 41.5 Å². The van der Waals surface area contributed by atoms with E-state index >= 15 is 0 Å². The zero-order chi connectivity index (χ0) is 21.4. The molecule has 158 valence electrons. The van der Waals surface area contributed by atoms with Gasteiger partial charge in [-0.15, -0.1) is 0 Å². The van der Waals surface area contributed by atoms with E-state index in [4.69, 9.17) is 24.4 Å². The Labute approximate surface area is 173 Å². The Morgan fingerprint density at radius 2 is 1.07 bits per heavy atom. The first-order valence-electron chi connectivity index (χ1n) is 10.1. The molecule has 0 aromatic heterocycles. The van der Waals surface area contributed by atoms with Gasteiger partial charge in [-0.05, 0) is 65.8 Å². The smallest absolute Gasteiger partial charge is 0.166 e. The molecule has 0 atom stereocenters. The summed E-state index contributed by atoms with van der Waals surface area (Å²) < 4.78 is 23.2. The molecule has 0 aliphatic rings. The summed E-state index contributed by atoms with van der Waals surface area (Å²) in [5.74, 6) is 2.82. The molecule has 0 bridgehead atoms. The van der Waals surface area contributed by atoms with Crippen LogP contribution in [0.2, 0.25) is 0 Å². The standard InChI is InChI=1S/C23H32N2O4/c1-7-26-20-13-11-18(16(5)22(20)28-9-3)25(15-24)19-12-14-21(27-8-2)23(17(19)6)29-10-4/h11-15,24H,7-10H2,1-6H3. The molecular formula is C23H32N2O4. The molecule has 0 spiro atoms. The van der Waals surface area contributed by atoms with Crippen molar-refractivity contribution in [3.05, 3.63) is 35.4 Å². The average Bonchev–Trinajstić information content (AvgIpc) is 2.71. The third-order valence-corrected chi connectivity index (χ3v) is 4.51. The fraction of sp³-hybridized carbons (Fsp3) is 0.435. The summed E-state index contributed by atoms with van der Waals surface area (Å²) in [5, 5.41) is 8.10. The molecule has 0 unspecified atom stereocenters. The van der Waals surface area contributed by atoms with Crippen LogP contribution in [0, 0.1) is 19.3 Å². The zero-order valence-corrected chi connectivity index (χ0v) is 18.3. The lowest BCUT2D eigenvalue weighted by atomic mass is 10.1. The molecule has 0 aliphatic heterocycles. The number of rotatable bonds is 11. The van der Waals surface area contributed by atoms with Gasteiger partial charge in [-0.1, -0.05) is 0 Å². The van der Waals surface area contributed by atoms with Crippen molar-refractivity contribution in [2.75, 3.05) is 31.3 Å². The molecular weight excluding hydrogens is 368 g/mol. The lowest BCUT2D eigenvalue weighted by Gasteiger charge is -2.27. The lowest BCUT2D eigenvalue weighted by Crippen LogP contribution is -2.17. The van der Waals surface area contributed by atoms with Crippen LogP contribution in [-0.4, -0.2) is 32.8 Å². The van der Waals surface area contributed by atoms with Crippen molar-refractivity contribution in [1.29, 1.82) is 5.41 Å². The van der Waals surface area contributed by atoms with Gasteiger partial charge in [0.1, 0.15) is 0 Å². The highest BCUT2D eigenvalue weighted by molar-refractivity contribution is 5.92. The van der Waals surface area contributed by atoms with Crippen LogP contribution in [0.1, 0.15) is 38.8 Å². The summed E-state index contributed by atoms with van der Waals surface area (Å²) in [6, 6.07) is 7.68. The lowest BCUT2D eigenvalue weighted by molar-refractivity contribution is 0.286. The molecule has 0 fully saturated rings. The van der Waals surface area contributed by atoms with E-state index in [-0.39, 0.29) is 0 Å². The number of hydrogen-bond acceptors (Lipinski definition) is 5. The summed E-state index contributed by atoms with van der Waals surface area (Å²) in [6.07, 6.45) is 1.30. The fourth-order valence-electron chi connectivity index (χ4n) is 3.29. The van der Waals surface area contributed by atoms with Gasteiger partial charge in [0.25, 0.3) is 0 Å². The molecule has 0 amide bonds. The van der Waals surface area contributed by atoms with Crippen LogP contribution in [0.25, 0.3) is 0 Å². The molecule has 0 saturated heterocycles. The van der Waals surface area contributed by atoms with Gasteiger partial charge in [0, 0.05) is 11.1 Å². The third kappa shape index (κ3) is 4.75. The van der Waals surface area contributed by atoms with Gasteiger partial charge in [-0.25, -0.2) is 0 Å². The maximum atomic E-state index is 8.10. The van der Waals surface area contributed by atoms with E-state index in [1.165, 1.54) is 6.34 Å². The molecule has 2 rings (SSSR count). The molecule has 29 heavy (non-hydrogen) atoms. The van der Waals surface area contributed by atoms with Crippen molar-refractivity contribution < 1.29 is 18.9 Å². The van der Waals surface area contributed by atoms with Crippen LogP contribution < -0.4 is 23.8 Å². The normalized spacial score (nSPS) is 10.4. The van der Waals surface area contributed by atoms with Gasteiger partial charge in [-0.2, -0.15) is 0 Å². The Hall–Kier alpha value is -2.89. The summed E-state index contributed by atoms with van der Waals surface area (Å²) in [7, 11) is 0. The van der Waals surface area contributed by atoms with E-state index in [2.05, 4.69) is 0 Å². The molecule has 2 aromatic rings. The zero-order valence-electron chi connectivity index (χ0n) is 18.3. The number of benzene rings is 2. The molecule has 2 aromatic carbocycles. The number of nitrogens with zero attached hydrogens (tertiary/aromatic N) is 1. The van der Waals surface area contributed by atoms with Crippen LogP contribution in [0.3, 0.4) is 0 Å². The van der Waals surface area contributed by atoms with Crippen LogP contribution in [0.4, 0.5) is 11.4 Å². The number of anilines is 2. The van der Waals surface area contributed by atoms with Gasteiger partial charge in [-0.3, -0.25) is 5.41 Å². The number of ether oxygens (including phenoxy) is 4. The first-order chi connectivity index (χ1) is 14.0. The van der Waals surface area contributed by atoms with Gasteiger partial charge in [0.05, 0.1) is 44.1 Å². The molecule has 0 saturated carbocycles. The second-order valence-electron chi connectivity index (χ2n) is 6.31. The van der Waals surface area contributed by atoms with Gasteiger partial charge >= 0.3 is 0 Å². The minimum atomic E-state index is 0.533. The number of hydrogen-bond donors (Lipinski definition) is 1. The maximum Gasteiger partial charge on any atom is 0.166 e. The predicted molar refractivity (Wildman–Crippen MR) is 118 cm³/mol. The van der Waals surface area contributed by atoms with Crippen molar-refractivity contribution >= 4 is 17.7 Å². The first-order valence-corrected chi connectivity index (χ1v) is 10.1. The highest BCUT2D eigenvalue weighted by atomic mass is 16.5. The van der Waals surface area contributed by atoms with E-state index < -0.39 is 0 Å². The predicted octanol–water partition coefficient (Wildman–Crippen LogP) is 5.64. The summed E-state index contributed by atoms with van der Waals surface area (Å²) in [4.78, 5) is 1.82. The molecule has 0 aliphatic carbocycles. The van der Waals surface area contributed by atoms with Crippen molar-refractivity contribution in [2.24, 2.45) is 0 Å². The molecule has 1 N–H and O–H groups in total. The van der Waals surface area contributed by atoms with Gasteiger partial charge in [0.2, 0.25) is 0 Å². The Morgan fingerprint density at radius 1 is 0.690 bits per heavy atom. The quantitative estimate of drug-likeness (QED) is 0.390. The highest BCUT2D eigenvalue weighted by Crippen LogP contribution is 2.43. The Kier molecular flexibility index (Phi) is 8.19. The van der Waals surface area contributed by atoms with Gasteiger partial charge in [0.15, 0.2) is 23.0 Å². The average molecular weight is 401 g/mol. The monoisotopic (exact) mass is 400 g/mol. The Morgan fingerprint density at radius 3 is 1.38 bits per heavy atom. The van der Waals surface area contributed by atoms with Crippen molar-refractivity contribution in [1.82, 2.24) is 0 Å². The van der Waals surface area contributed by atoms with Crippen molar-refractivity contribution in [3.63, 3.8) is 0 Å². The fourth-order valence-corrected chi connectivity index (χ4v) is 3.29. The minimum Gasteiger partial charge on any atom is -0.490 e. The Bertz CT molecular complexity index is 771. The second-order valence-corrected chi connectivity index (χ2v) is 6.31. The highest BCUT2D eigenvalue weighted by Gasteiger charge is 2.21. The molecule has 0 radical (unpaired) electrons. The SMILES string of the molecule is CCOc1ccc(N(C=N)c2ccc(OCC)c(OCC)c2C)c(C)c1OCC. The van der Waals surface area contributed by atoms with E-state index in [9.17, 15) is 0 Å². The van der Waals surface area contributed by atoms with E-state index in [0.717, 1.165) is 22.5 Å². The topological polar surface area (TPSA) is 64.0 Å². The summed E-state index contributed by atoms with van der Waals surface area (Å²) in [6.45, 7) is 13.9. The van der Waals surface area contributed by atoms with E-state index in [1.807, 2.05) is 70.7 Å².